The van der Waals surface area contributed by atoms with E-state index in [1.165, 1.54) is 39.4 Å². The quantitative estimate of drug-likeness (QED) is 0.161. The molecule has 5 heteroatoms. The SMILES string of the molecule is Cc1c(P(=S)(c2ccccc2)c2ccccc2)[n+]2ccccc2n1CCCCc1ccccc1.[Br-]. The highest BCUT2D eigenvalue weighted by Crippen LogP contribution is 2.43. The first-order chi connectivity index (χ1) is 16.7. The van der Waals surface area contributed by atoms with Gasteiger partial charge in [0.25, 0.3) is 5.65 Å². The first-order valence-electron chi connectivity index (χ1n) is 11.9. The minimum absolute atomic E-state index is 0. The highest BCUT2D eigenvalue weighted by atomic mass is 79.9. The summed E-state index contributed by atoms with van der Waals surface area (Å²) in [5.74, 6) is 0. The maximum absolute atomic E-state index is 6.71. The number of aryl methyl sites for hydroxylation is 2. The van der Waals surface area contributed by atoms with Gasteiger partial charge in [0.05, 0.1) is 18.8 Å². The van der Waals surface area contributed by atoms with E-state index in [1.54, 1.807) is 0 Å². The summed E-state index contributed by atoms with van der Waals surface area (Å²) in [5.41, 5.74) is 5.17. The Hall–Kier alpha value is -2.52. The molecule has 0 atom stereocenters. The summed E-state index contributed by atoms with van der Waals surface area (Å²) in [4.78, 5) is 0. The lowest BCUT2D eigenvalue weighted by Gasteiger charge is -2.21. The second kappa shape index (κ2) is 11.5. The first kappa shape index (κ1) is 25.6. The van der Waals surface area contributed by atoms with Gasteiger partial charge in [0.15, 0.2) is 5.44 Å². The number of benzene rings is 3. The van der Waals surface area contributed by atoms with Crippen LogP contribution in [0, 0.1) is 6.92 Å². The van der Waals surface area contributed by atoms with E-state index < -0.39 is 6.04 Å². The molecule has 0 radical (unpaired) electrons. The number of aromatic nitrogens is 2. The average molecular weight is 562 g/mol. The fraction of sp³-hybridized carbons (Fsp3) is 0.167. The highest BCUT2D eigenvalue weighted by molar-refractivity contribution is 8.25. The minimum atomic E-state index is -2.25. The van der Waals surface area contributed by atoms with Crippen molar-refractivity contribution in [3.05, 3.63) is 127 Å². The number of unbranched alkanes of at least 4 members (excludes halogenated alkanes) is 1. The van der Waals surface area contributed by atoms with Gasteiger partial charge in [-0.15, -0.1) is 0 Å². The standard InChI is InChI=1S/C30H30N2PS.BrH/c1-25-30(33(34,27-18-7-3-8-19-27)28-20-9-4-10-21-28)32-24-14-12-22-29(32)31(25)23-13-11-17-26-15-5-2-6-16-26;/h2-10,12,14-16,18-22,24H,11,13,17,23H2,1H3;1H/q+1;/p-1. The smallest absolute Gasteiger partial charge is 0.286 e. The van der Waals surface area contributed by atoms with E-state index in [2.05, 4.69) is 131 Å². The number of hydrogen-bond acceptors (Lipinski definition) is 1. The molecule has 5 rings (SSSR count). The van der Waals surface area contributed by atoms with Crippen LogP contribution in [0.3, 0.4) is 0 Å². The van der Waals surface area contributed by atoms with E-state index >= 15 is 0 Å². The second-order valence-electron chi connectivity index (χ2n) is 8.71. The number of halogens is 1. The number of nitrogens with zero attached hydrogens (tertiary/aromatic N) is 2. The maximum Gasteiger partial charge on any atom is 0.286 e. The van der Waals surface area contributed by atoms with Gasteiger partial charge in [0.2, 0.25) is 0 Å². The Morgan fingerprint density at radius 3 is 1.86 bits per heavy atom. The van der Waals surface area contributed by atoms with Crippen molar-refractivity contribution in [2.75, 3.05) is 0 Å². The molecule has 0 unspecified atom stereocenters. The molecule has 0 amide bonds. The number of pyridine rings is 1. The van der Waals surface area contributed by atoms with Crippen LogP contribution in [0.2, 0.25) is 0 Å². The molecule has 2 nitrogen and oxygen atoms in total. The summed E-state index contributed by atoms with van der Waals surface area (Å²) in [6.45, 7) is 3.25. The molecule has 3 aromatic carbocycles. The van der Waals surface area contributed by atoms with E-state index in [0.717, 1.165) is 19.4 Å². The van der Waals surface area contributed by atoms with Crippen molar-refractivity contribution in [3.63, 3.8) is 0 Å². The average Bonchev–Trinajstić information content (AvgIpc) is 3.19. The molecule has 0 aliphatic heterocycles. The van der Waals surface area contributed by atoms with Crippen LogP contribution in [0.1, 0.15) is 24.1 Å². The van der Waals surface area contributed by atoms with Crippen molar-refractivity contribution < 1.29 is 21.4 Å². The van der Waals surface area contributed by atoms with Crippen LogP contribution in [-0.2, 0) is 24.8 Å². The van der Waals surface area contributed by atoms with Crippen molar-refractivity contribution >= 4 is 39.5 Å². The van der Waals surface area contributed by atoms with Gasteiger partial charge >= 0.3 is 0 Å². The molecular weight excluding hydrogens is 531 g/mol. The topological polar surface area (TPSA) is 9.03 Å². The van der Waals surface area contributed by atoms with Gasteiger partial charge in [-0.2, -0.15) is 4.40 Å². The third-order valence-corrected chi connectivity index (χ3v) is 11.5. The normalized spacial score (nSPS) is 11.3. The van der Waals surface area contributed by atoms with Crippen molar-refractivity contribution in [1.82, 2.24) is 4.57 Å². The Labute approximate surface area is 224 Å². The van der Waals surface area contributed by atoms with Crippen LogP contribution in [0.4, 0.5) is 0 Å². The third-order valence-electron chi connectivity index (χ3n) is 6.55. The van der Waals surface area contributed by atoms with Gasteiger partial charge in [-0.3, -0.25) is 0 Å². The fourth-order valence-corrected chi connectivity index (χ4v) is 9.29. The zero-order valence-electron chi connectivity index (χ0n) is 19.9. The van der Waals surface area contributed by atoms with Crippen molar-refractivity contribution in [2.24, 2.45) is 0 Å². The molecule has 2 aromatic heterocycles. The lowest BCUT2D eigenvalue weighted by atomic mass is 10.1. The van der Waals surface area contributed by atoms with Crippen LogP contribution < -0.4 is 37.4 Å². The van der Waals surface area contributed by atoms with E-state index in [9.17, 15) is 0 Å². The summed E-state index contributed by atoms with van der Waals surface area (Å²) in [6, 6.07) is 36.4. The van der Waals surface area contributed by atoms with E-state index in [0.29, 0.717) is 0 Å². The van der Waals surface area contributed by atoms with Crippen LogP contribution in [-0.4, -0.2) is 4.57 Å². The van der Waals surface area contributed by atoms with Crippen molar-refractivity contribution in [3.8, 4) is 0 Å². The Morgan fingerprint density at radius 2 is 1.26 bits per heavy atom. The first-order valence-corrected chi connectivity index (χ1v) is 14.7. The number of rotatable bonds is 8. The summed E-state index contributed by atoms with van der Waals surface area (Å²) in [7, 11) is 0. The van der Waals surface area contributed by atoms with Crippen LogP contribution >= 0.6 is 6.04 Å². The van der Waals surface area contributed by atoms with Gasteiger partial charge < -0.3 is 17.0 Å². The fourth-order valence-electron chi connectivity index (χ4n) is 4.88. The molecule has 0 aliphatic carbocycles. The number of imidazole rings is 1. The predicted octanol–water partition coefficient (Wildman–Crippen LogP) is 2.32. The largest absolute Gasteiger partial charge is 1.00 e. The maximum atomic E-state index is 6.71. The molecule has 0 bridgehead atoms. The Morgan fingerprint density at radius 1 is 0.714 bits per heavy atom. The molecule has 0 saturated carbocycles. The summed E-state index contributed by atoms with van der Waals surface area (Å²) < 4.78 is 4.83. The molecular formula is C30H30BrN2PS. The molecule has 35 heavy (non-hydrogen) atoms. The van der Waals surface area contributed by atoms with Crippen LogP contribution in [0.15, 0.2) is 115 Å². The molecule has 5 aromatic rings. The number of fused-ring (bicyclic) bond motifs is 1. The zero-order chi connectivity index (χ0) is 23.4. The minimum Gasteiger partial charge on any atom is -1.00 e. The van der Waals surface area contributed by atoms with E-state index in [-0.39, 0.29) is 17.0 Å². The monoisotopic (exact) mass is 560 g/mol. The summed E-state index contributed by atoms with van der Waals surface area (Å²) in [6.07, 6.45) is 5.60. The van der Waals surface area contributed by atoms with Gasteiger partial charge in [-0.05, 0) is 41.5 Å². The van der Waals surface area contributed by atoms with Gasteiger partial charge in [-0.25, -0.2) is 4.57 Å². The van der Waals surface area contributed by atoms with Gasteiger partial charge in [0.1, 0.15) is 5.69 Å². The van der Waals surface area contributed by atoms with E-state index in [1.807, 2.05) is 0 Å². The molecule has 178 valence electrons. The van der Waals surface area contributed by atoms with Crippen molar-refractivity contribution in [2.45, 2.75) is 32.7 Å². The Kier molecular flexibility index (Phi) is 8.38. The molecule has 0 saturated heterocycles. The van der Waals surface area contributed by atoms with E-state index in [4.69, 9.17) is 11.8 Å². The third kappa shape index (κ3) is 5.07. The summed E-state index contributed by atoms with van der Waals surface area (Å²) >= 11 is 6.71. The van der Waals surface area contributed by atoms with Gasteiger partial charge in [0, 0.05) is 13.0 Å². The molecule has 0 fully saturated rings. The van der Waals surface area contributed by atoms with Crippen LogP contribution in [0.5, 0.6) is 0 Å². The van der Waals surface area contributed by atoms with Gasteiger partial charge in [-0.1, -0.05) is 109 Å². The lowest BCUT2D eigenvalue weighted by Crippen LogP contribution is -3.00. The lowest BCUT2D eigenvalue weighted by molar-refractivity contribution is -0.490. The van der Waals surface area contributed by atoms with Crippen LogP contribution in [0.25, 0.3) is 5.65 Å². The molecule has 0 spiro atoms. The molecule has 0 N–H and O–H groups in total. The van der Waals surface area contributed by atoms with Crippen molar-refractivity contribution in [1.29, 1.82) is 0 Å². The Balaban J connectivity index is 0.00000289. The predicted molar refractivity (Wildman–Crippen MR) is 148 cm³/mol. The highest BCUT2D eigenvalue weighted by Gasteiger charge is 2.36. The molecule has 0 aliphatic rings. The second-order valence-corrected chi connectivity index (χ2v) is 13.0. The zero-order valence-corrected chi connectivity index (χ0v) is 23.2. The Bertz CT molecular complexity index is 1390. The summed E-state index contributed by atoms with van der Waals surface area (Å²) in [5, 5.41) is 2.47. The molecule has 2 heterocycles. The number of hydrogen-bond donors (Lipinski definition) is 0.